The van der Waals surface area contributed by atoms with E-state index in [9.17, 15) is 4.79 Å². The second kappa shape index (κ2) is 3.61. The fourth-order valence-corrected chi connectivity index (χ4v) is 4.21. The van der Waals surface area contributed by atoms with E-state index < -0.39 is 0 Å². The van der Waals surface area contributed by atoms with Gasteiger partial charge >= 0.3 is 5.97 Å². The van der Waals surface area contributed by atoms with Crippen LogP contribution in [0.2, 0.25) is 0 Å². The molecule has 0 spiro atoms. The Hall–Kier alpha value is -0.790. The summed E-state index contributed by atoms with van der Waals surface area (Å²) >= 11 is 0. The third kappa shape index (κ3) is 1.28. The van der Waals surface area contributed by atoms with Gasteiger partial charge in [-0.2, -0.15) is 0 Å². The van der Waals surface area contributed by atoms with Crippen molar-refractivity contribution < 1.29 is 9.53 Å². The van der Waals surface area contributed by atoms with Gasteiger partial charge in [-0.1, -0.05) is 18.1 Å². The van der Waals surface area contributed by atoms with E-state index in [0.29, 0.717) is 11.8 Å². The van der Waals surface area contributed by atoms with Crippen molar-refractivity contribution in [1.82, 2.24) is 0 Å². The Bertz CT molecular complexity index is 345. The Morgan fingerprint density at radius 3 is 2.81 bits per heavy atom. The van der Waals surface area contributed by atoms with Crippen molar-refractivity contribution in [3.8, 4) is 0 Å². The minimum absolute atomic E-state index is 0.0866. The van der Waals surface area contributed by atoms with Gasteiger partial charge < -0.3 is 4.74 Å². The molecule has 0 unspecified atom stereocenters. The van der Waals surface area contributed by atoms with Crippen LogP contribution in [-0.4, -0.2) is 11.6 Å². The summed E-state index contributed by atoms with van der Waals surface area (Å²) < 4.78 is 5.77. The Labute approximate surface area is 97.1 Å². The number of carbonyl (C=O) groups excluding carboxylic acids is 1. The smallest absolute Gasteiger partial charge is 0.303 e. The van der Waals surface area contributed by atoms with Crippen LogP contribution >= 0.6 is 0 Å². The van der Waals surface area contributed by atoms with Crippen LogP contribution < -0.4 is 0 Å². The van der Waals surface area contributed by atoms with E-state index in [1.54, 1.807) is 12.5 Å². The molecule has 0 radical (unpaired) electrons. The molecule has 0 N–H and O–H groups in total. The van der Waals surface area contributed by atoms with Gasteiger partial charge in [0.2, 0.25) is 0 Å². The third-order valence-corrected chi connectivity index (χ3v) is 4.71. The van der Waals surface area contributed by atoms with Crippen LogP contribution in [-0.2, 0) is 9.53 Å². The molecule has 0 aromatic heterocycles. The van der Waals surface area contributed by atoms with E-state index in [0.717, 1.165) is 6.42 Å². The lowest BCUT2D eigenvalue weighted by atomic mass is 9.49. The monoisotopic (exact) mass is 220 g/mol. The van der Waals surface area contributed by atoms with Crippen LogP contribution in [0.5, 0.6) is 0 Å². The third-order valence-electron chi connectivity index (χ3n) is 4.71. The molecule has 0 bridgehead atoms. The Kier molecular flexibility index (Phi) is 2.34. The van der Waals surface area contributed by atoms with Crippen molar-refractivity contribution in [3.05, 3.63) is 11.6 Å². The van der Waals surface area contributed by atoms with E-state index in [2.05, 4.69) is 6.08 Å². The standard InChI is InChI=1S/C14H20O2/c1-10(15)16-14-9-5-4-8-13(14)11-6-2-3-7-12(11)14/h6,12-13H,2-5,7-9H2,1H3/t12-,13+,14+/m0/s1. The van der Waals surface area contributed by atoms with Gasteiger partial charge in [0.25, 0.3) is 0 Å². The van der Waals surface area contributed by atoms with Gasteiger partial charge in [0.05, 0.1) is 0 Å². The minimum atomic E-state index is -0.0870. The number of hydrogen-bond donors (Lipinski definition) is 0. The van der Waals surface area contributed by atoms with Crippen LogP contribution in [0.3, 0.4) is 0 Å². The molecule has 0 saturated heterocycles. The van der Waals surface area contributed by atoms with Crippen LogP contribution in [0.15, 0.2) is 11.6 Å². The lowest BCUT2D eigenvalue weighted by Crippen LogP contribution is -2.61. The molecule has 88 valence electrons. The van der Waals surface area contributed by atoms with Crippen LogP contribution in [0.25, 0.3) is 0 Å². The average Bonchev–Trinajstić information content (AvgIpc) is 2.27. The molecule has 0 aromatic carbocycles. The molecule has 0 aliphatic heterocycles. The second-order valence-electron chi connectivity index (χ2n) is 5.53. The van der Waals surface area contributed by atoms with Crippen LogP contribution in [0.1, 0.15) is 51.9 Å². The first-order valence-electron chi connectivity index (χ1n) is 6.63. The molecule has 16 heavy (non-hydrogen) atoms. The quantitative estimate of drug-likeness (QED) is 0.501. The number of hydrogen-bond acceptors (Lipinski definition) is 2. The molecular weight excluding hydrogens is 200 g/mol. The summed E-state index contributed by atoms with van der Waals surface area (Å²) in [6.45, 7) is 1.56. The molecule has 2 nitrogen and oxygen atoms in total. The van der Waals surface area contributed by atoms with Gasteiger partial charge in [-0.15, -0.1) is 0 Å². The highest BCUT2D eigenvalue weighted by Gasteiger charge is 2.61. The summed E-state index contributed by atoms with van der Waals surface area (Å²) in [6, 6.07) is 0. The lowest BCUT2D eigenvalue weighted by molar-refractivity contribution is -0.192. The molecule has 0 aromatic rings. The number of rotatable bonds is 1. The average molecular weight is 220 g/mol. The molecule has 2 heteroatoms. The number of ether oxygens (including phenoxy) is 1. The van der Waals surface area contributed by atoms with Crippen molar-refractivity contribution >= 4 is 5.97 Å². The maximum absolute atomic E-state index is 11.3. The number of allylic oxidation sites excluding steroid dienone is 1. The first-order chi connectivity index (χ1) is 7.74. The first-order valence-corrected chi connectivity index (χ1v) is 6.63. The maximum atomic E-state index is 11.3. The maximum Gasteiger partial charge on any atom is 0.303 e. The lowest BCUT2D eigenvalue weighted by Gasteiger charge is -2.60. The van der Waals surface area contributed by atoms with Crippen molar-refractivity contribution in [3.63, 3.8) is 0 Å². The number of esters is 1. The van der Waals surface area contributed by atoms with E-state index in [1.807, 2.05) is 0 Å². The summed E-state index contributed by atoms with van der Waals surface area (Å²) in [5.41, 5.74) is 1.53. The van der Waals surface area contributed by atoms with Gasteiger partial charge in [-0.05, 0) is 38.5 Å². The van der Waals surface area contributed by atoms with Crippen molar-refractivity contribution in [1.29, 1.82) is 0 Å². The molecule has 2 saturated carbocycles. The highest BCUT2D eigenvalue weighted by atomic mass is 16.6. The van der Waals surface area contributed by atoms with Gasteiger partial charge in [-0.3, -0.25) is 4.79 Å². The van der Waals surface area contributed by atoms with E-state index in [-0.39, 0.29) is 11.6 Å². The normalized spacial score (nSPS) is 41.2. The largest absolute Gasteiger partial charge is 0.458 e. The predicted octanol–water partition coefficient (Wildman–Crippen LogP) is 3.22. The fourth-order valence-electron chi connectivity index (χ4n) is 4.21. The molecule has 0 heterocycles. The Balaban J connectivity index is 1.90. The molecule has 3 rings (SSSR count). The summed E-state index contributed by atoms with van der Waals surface area (Å²) in [5.74, 6) is 1.04. The van der Waals surface area contributed by atoms with Crippen molar-refractivity contribution in [2.45, 2.75) is 57.5 Å². The van der Waals surface area contributed by atoms with Crippen LogP contribution in [0.4, 0.5) is 0 Å². The van der Waals surface area contributed by atoms with Gasteiger partial charge in [0, 0.05) is 18.8 Å². The zero-order chi connectivity index (χ0) is 11.2. The molecule has 3 aliphatic rings. The zero-order valence-corrected chi connectivity index (χ0v) is 10.00. The number of fused-ring (bicyclic) bond motifs is 4. The number of carbonyl (C=O) groups is 1. The Morgan fingerprint density at radius 1 is 1.31 bits per heavy atom. The second-order valence-corrected chi connectivity index (χ2v) is 5.53. The van der Waals surface area contributed by atoms with E-state index in [4.69, 9.17) is 4.74 Å². The van der Waals surface area contributed by atoms with E-state index >= 15 is 0 Å². The highest BCUT2D eigenvalue weighted by molar-refractivity contribution is 5.67. The summed E-state index contributed by atoms with van der Waals surface area (Å²) in [4.78, 5) is 11.3. The summed E-state index contributed by atoms with van der Waals surface area (Å²) in [6.07, 6.45) is 11.0. The molecule has 0 amide bonds. The summed E-state index contributed by atoms with van der Waals surface area (Å²) in [7, 11) is 0. The molecule has 3 aliphatic carbocycles. The van der Waals surface area contributed by atoms with Gasteiger partial charge in [0.15, 0.2) is 0 Å². The Morgan fingerprint density at radius 2 is 2.06 bits per heavy atom. The predicted molar refractivity (Wildman–Crippen MR) is 61.9 cm³/mol. The van der Waals surface area contributed by atoms with Crippen molar-refractivity contribution in [2.75, 3.05) is 0 Å². The highest BCUT2D eigenvalue weighted by Crippen LogP contribution is 2.61. The van der Waals surface area contributed by atoms with Gasteiger partial charge in [0.1, 0.15) is 5.60 Å². The molecular formula is C14H20O2. The molecule has 3 atom stereocenters. The first kappa shape index (κ1) is 10.4. The van der Waals surface area contributed by atoms with E-state index in [1.165, 1.54) is 38.5 Å². The van der Waals surface area contributed by atoms with Crippen molar-refractivity contribution in [2.24, 2.45) is 11.8 Å². The fraction of sp³-hybridized carbons (Fsp3) is 0.786. The zero-order valence-electron chi connectivity index (χ0n) is 10.00. The van der Waals surface area contributed by atoms with Gasteiger partial charge in [-0.25, -0.2) is 0 Å². The molecule has 2 fully saturated rings. The van der Waals surface area contributed by atoms with Crippen LogP contribution in [0, 0.1) is 11.8 Å². The summed E-state index contributed by atoms with van der Waals surface area (Å²) in [5, 5.41) is 0. The SMILES string of the molecule is CC(=O)O[C@@]12CCCC[C@@H]1C1=CCCC[C@@H]12. The minimum Gasteiger partial charge on any atom is -0.458 e. The topological polar surface area (TPSA) is 26.3 Å².